The minimum Gasteiger partial charge on any atom is -0.481 e. The molecule has 0 heterocycles. The fourth-order valence-corrected chi connectivity index (χ4v) is 4.74. The molecule has 0 aromatic rings. The monoisotopic (exact) mass is 264 g/mol. The maximum absolute atomic E-state index is 11.7. The summed E-state index contributed by atoms with van der Waals surface area (Å²) < 4.78 is 0. The van der Waals surface area contributed by atoms with Crippen molar-refractivity contribution in [3.05, 3.63) is 12.2 Å². The van der Waals surface area contributed by atoms with Crippen molar-refractivity contribution in [3.8, 4) is 0 Å². The first-order valence-corrected chi connectivity index (χ1v) is 7.21. The van der Waals surface area contributed by atoms with Crippen LogP contribution in [-0.2, 0) is 9.59 Å². The molecule has 0 amide bonds. The third kappa shape index (κ3) is 2.03. The first-order valence-electron chi connectivity index (χ1n) is 7.21. The van der Waals surface area contributed by atoms with Gasteiger partial charge in [-0.3, -0.25) is 4.79 Å². The highest BCUT2D eigenvalue weighted by molar-refractivity contribution is 5.75. The average Bonchev–Trinajstić information content (AvgIpc) is 2.33. The Kier molecular flexibility index (Phi) is 3.59. The van der Waals surface area contributed by atoms with Gasteiger partial charge in [-0.1, -0.05) is 25.5 Å². The van der Waals surface area contributed by atoms with Gasteiger partial charge in [0.15, 0.2) is 0 Å². The predicted octanol–water partition coefficient (Wildman–Crippen LogP) is 3.44. The summed E-state index contributed by atoms with van der Waals surface area (Å²) in [5.41, 5.74) is 0.414. The van der Waals surface area contributed by atoms with Crippen molar-refractivity contribution in [2.75, 3.05) is 0 Å². The highest BCUT2D eigenvalue weighted by atomic mass is 16.4. The van der Waals surface area contributed by atoms with Gasteiger partial charge >= 0.3 is 5.97 Å². The molecule has 0 unspecified atom stereocenters. The van der Waals surface area contributed by atoms with Crippen LogP contribution >= 0.6 is 0 Å². The zero-order valence-electron chi connectivity index (χ0n) is 11.9. The van der Waals surface area contributed by atoms with Gasteiger partial charge < -0.3 is 9.90 Å². The second kappa shape index (κ2) is 4.77. The number of aliphatic carboxylic acids is 1. The van der Waals surface area contributed by atoms with Gasteiger partial charge in [0.25, 0.3) is 0 Å². The number of allylic oxidation sites excluding steroid dienone is 1. The Labute approximate surface area is 115 Å². The number of hydrogen-bond acceptors (Lipinski definition) is 2. The second-order valence-corrected chi connectivity index (χ2v) is 6.79. The zero-order valence-corrected chi connectivity index (χ0v) is 11.9. The van der Waals surface area contributed by atoms with Crippen molar-refractivity contribution < 1.29 is 14.7 Å². The first-order chi connectivity index (χ1) is 8.86. The Bertz CT molecular complexity index is 414. The summed E-state index contributed by atoms with van der Waals surface area (Å²) in [4.78, 5) is 22.7. The summed E-state index contributed by atoms with van der Waals surface area (Å²) in [6.07, 6.45) is 5.91. The fourth-order valence-electron chi connectivity index (χ4n) is 4.74. The molecule has 106 valence electrons. The van der Waals surface area contributed by atoms with Crippen LogP contribution in [-0.4, -0.2) is 17.4 Å². The predicted molar refractivity (Wildman–Crippen MR) is 73.7 cm³/mol. The van der Waals surface area contributed by atoms with E-state index in [0.29, 0.717) is 6.42 Å². The van der Waals surface area contributed by atoms with Crippen LogP contribution in [0, 0.1) is 22.7 Å². The largest absolute Gasteiger partial charge is 0.481 e. The summed E-state index contributed by atoms with van der Waals surface area (Å²) in [5.74, 6) is -0.370. The lowest BCUT2D eigenvalue weighted by atomic mass is 9.47. The van der Waals surface area contributed by atoms with Crippen molar-refractivity contribution in [2.45, 2.75) is 52.4 Å². The van der Waals surface area contributed by atoms with Gasteiger partial charge in [-0.05, 0) is 49.9 Å². The van der Waals surface area contributed by atoms with E-state index in [1.54, 1.807) is 0 Å². The van der Waals surface area contributed by atoms with Gasteiger partial charge in [-0.15, -0.1) is 0 Å². The molecule has 0 saturated heterocycles. The SMILES string of the molecule is C=C1CC[C@@H]2[C@](C)(CCC[C@]2(C)C(=O)O)[C@H]1CC=O. The van der Waals surface area contributed by atoms with Crippen LogP contribution in [0.5, 0.6) is 0 Å². The molecule has 0 bridgehead atoms. The molecule has 4 atom stereocenters. The Morgan fingerprint density at radius 3 is 2.74 bits per heavy atom. The molecule has 2 rings (SSSR count). The third-order valence-corrected chi connectivity index (χ3v) is 5.84. The number of fused-ring (bicyclic) bond motifs is 1. The van der Waals surface area contributed by atoms with Gasteiger partial charge in [0, 0.05) is 6.42 Å². The van der Waals surface area contributed by atoms with Gasteiger partial charge in [-0.25, -0.2) is 0 Å². The van der Waals surface area contributed by atoms with Crippen LogP contribution in [0.15, 0.2) is 12.2 Å². The van der Waals surface area contributed by atoms with Gasteiger partial charge in [0.1, 0.15) is 6.29 Å². The maximum Gasteiger partial charge on any atom is 0.309 e. The summed E-state index contributed by atoms with van der Waals surface area (Å²) in [5, 5.41) is 9.64. The number of rotatable bonds is 3. The van der Waals surface area contributed by atoms with E-state index in [1.165, 1.54) is 0 Å². The molecule has 0 aliphatic heterocycles. The topological polar surface area (TPSA) is 54.4 Å². The number of carboxylic acid groups (broad SMARTS) is 1. The molecule has 3 heteroatoms. The third-order valence-electron chi connectivity index (χ3n) is 5.84. The molecule has 19 heavy (non-hydrogen) atoms. The maximum atomic E-state index is 11.7. The van der Waals surface area contributed by atoms with Crippen molar-refractivity contribution in [1.82, 2.24) is 0 Å². The van der Waals surface area contributed by atoms with Crippen LogP contribution < -0.4 is 0 Å². The summed E-state index contributed by atoms with van der Waals surface area (Å²) in [6.45, 7) is 8.21. The normalized spacial score (nSPS) is 42.5. The number of aldehydes is 1. The van der Waals surface area contributed by atoms with Gasteiger partial charge in [-0.2, -0.15) is 0 Å². The Morgan fingerprint density at radius 2 is 2.16 bits per heavy atom. The molecule has 2 aliphatic rings. The molecule has 0 aromatic heterocycles. The van der Waals surface area contributed by atoms with Crippen molar-refractivity contribution in [3.63, 3.8) is 0 Å². The molecule has 3 nitrogen and oxygen atoms in total. The van der Waals surface area contributed by atoms with Crippen molar-refractivity contribution >= 4 is 12.3 Å². The molecular weight excluding hydrogens is 240 g/mol. The quantitative estimate of drug-likeness (QED) is 0.627. The van der Waals surface area contributed by atoms with E-state index >= 15 is 0 Å². The lowest BCUT2D eigenvalue weighted by Crippen LogP contribution is -2.53. The summed E-state index contributed by atoms with van der Waals surface area (Å²) in [6, 6.07) is 0. The van der Waals surface area contributed by atoms with E-state index in [1.807, 2.05) is 6.92 Å². The fraction of sp³-hybridized carbons (Fsp3) is 0.750. The number of carboxylic acids is 1. The molecule has 0 aromatic carbocycles. The molecule has 0 spiro atoms. The molecule has 2 fully saturated rings. The van der Waals surface area contributed by atoms with Crippen LogP contribution in [0.3, 0.4) is 0 Å². The van der Waals surface area contributed by atoms with Gasteiger partial charge in [0.05, 0.1) is 5.41 Å². The zero-order chi connectivity index (χ0) is 14.3. The van der Waals surface area contributed by atoms with Gasteiger partial charge in [0.2, 0.25) is 0 Å². The van der Waals surface area contributed by atoms with E-state index < -0.39 is 11.4 Å². The van der Waals surface area contributed by atoms with E-state index in [0.717, 1.165) is 44.0 Å². The van der Waals surface area contributed by atoms with Crippen LogP contribution in [0.4, 0.5) is 0 Å². The molecule has 1 N–H and O–H groups in total. The minimum absolute atomic E-state index is 0.0817. The van der Waals surface area contributed by atoms with E-state index in [4.69, 9.17) is 0 Å². The van der Waals surface area contributed by atoms with E-state index in [9.17, 15) is 14.7 Å². The molecule has 2 aliphatic carbocycles. The Morgan fingerprint density at radius 1 is 1.47 bits per heavy atom. The second-order valence-electron chi connectivity index (χ2n) is 6.79. The number of carbonyl (C=O) groups excluding carboxylic acids is 1. The number of carbonyl (C=O) groups is 2. The highest BCUT2D eigenvalue weighted by Gasteiger charge is 2.57. The van der Waals surface area contributed by atoms with Crippen molar-refractivity contribution in [2.24, 2.45) is 22.7 Å². The van der Waals surface area contributed by atoms with Crippen LogP contribution in [0.1, 0.15) is 52.4 Å². The Hall–Kier alpha value is -1.12. The average molecular weight is 264 g/mol. The van der Waals surface area contributed by atoms with Crippen LogP contribution in [0.25, 0.3) is 0 Å². The molecular formula is C16H24O3. The summed E-state index contributed by atoms with van der Waals surface area (Å²) in [7, 11) is 0. The number of hydrogen-bond donors (Lipinski definition) is 1. The minimum atomic E-state index is -0.680. The Balaban J connectivity index is 2.41. The van der Waals surface area contributed by atoms with Crippen molar-refractivity contribution in [1.29, 1.82) is 0 Å². The highest BCUT2D eigenvalue weighted by Crippen LogP contribution is 2.61. The standard InChI is InChI=1S/C16H24O3/c1-11-5-6-13-15(2,12(11)7-10-17)8-4-9-16(13,3)14(18)19/h10,12-13H,1,4-9H2,2-3H3,(H,18,19)/t12-,13+,15+,16-/m0/s1. The van der Waals surface area contributed by atoms with E-state index in [2.05, 4.69) is 13.5 Å². The molecule has 0 radical (unpaired) electrons. The molecule has 2 saturated carbocycles. The lowest BCUT2D eigenvalue weighted by Gasteiger charge is -2.57. The first kappa shape index (κ1) is 14.3. The summed E-state index contributed by atoms with van der Waals surface area (Å²) >= 11 is 0. The van der Waals surface area contributed by atoms with E-state index in [-0.39, 0.29) is 17.3 Å². The van der Waals surface area contributed by atoms with Crippen LogP contribution in [0.2, 0.25) is 0 Å². The smallest absolute Gasteiger partial charge is 0.309 e. The lowest BCUT2D eigenvalue weighted by molar-refractivity contribution is -0.164.